The number of ether oxygens (including phenoxy) is 1. The number of thiazole rings is 1. The highest BCUT2D eigenvalue weighted by Crippen LogP contribution is 2.29. The highest BCUT2D eigenvalue weighted by atomic mass is 35.5. The predicted molar refractivity (Wildman–Crippen MR) is 136 cm³/mol. The molecule has 0 atom stereocenters. The van der Waals surface area contributed by atoms with Crippen LogP contribution in [0.4, 0.5) is 5.13 Å². The number of aromatic nitrogens is 1. The number of hydrogen-bond donors (Lipinski definition) is 1. The second kappa shape index (κ2) is 9.71. The van der Waals surface area contributed by atoms with Crippen LogP contribution in [0.15, 0.2) is 83.4 Å². The van der Waals surface area contributed by atoms with Gasteiger partial charge in [0.25, 0.3) is 5.91 Å². The SMILES string of the molecule is Cc1ccccc1OCc1c(C(=O)Nc2ncc(Cc3ccc(Cl)cc3)s2)oc2ccccc12. The Morgan fingerprint density at radius 1 is 1.06 bits per heavy atom. The molecular formula is C27H21ClN2O3S. The minimum absolute atomic E-state index is 0.213. The molecule has 5 rings (SSSR count). The number of hydrogen-bond acceptors (Lipinski definition) is 5. The van der Waals surface area contributed by atoms with E-state index in [4.69, 9.17) is 20.8 Å². The molecular weight excluding hydrogens is 468 g/mol. The molecule has 170 valence electrons. The van der Waals surface area contributed by atoms with E-state index in [1.165, 1.54) is 11.3 Å². The highest BCUT2D eigenvalue weighted by Gasteiger charge is 2.22. The summed E-state index contributed by atoms with van der Waals surface area (Å²) in [5.41, 5.74) is 3.49. The lowest BCUT2D eigenvalue weighted by atomic mass is 10.1. The molecule has 1 amide bonds. The van der Waals surface area contributed by atoms with Crippen LogP contribution in [0, 0.1) is 6.92 Å². The van der Waals surface area contributed by atoms with Gasteiger partial charge >= 0.3 is 0 Å². The molecule has 0 bridgehead atoms. The normalized spacial score (nSPS) is 11.0. The molecule has 0 unspecified atom stereocenters. The van der Waals surface area contributed by atoms with Gasteiger partial charge < -0.3 is 9.15 Å². The Hall–Kier alpha value is -3.61. The standard InChI is InChI=1S/C27H21ClN2O3S/c1-17-6-2-4-8-23(17)32-16-22-21-7-3-5-9-24(21)33-25(22)26(31)30-27-29-15-20(34-27)14-18-10-12-19(28)13-11-18/h2-13,15H,14,16H2,1H3,(H,29,30,31). The average molecular weight is 489 g/mol. The van der Waals surface area contributed by atoms with Gasteiger partial charge in [0.1, 0.15) is 17.9 Å². The Kier molecular flexibility index (Phi) is 6.34. The first-order valence-electron chi connectivity index (χ1n) is 10.8. The van der Waals surface area contributed by atoms with E-state index in [0.717, 1.165) is 27.1 Å². The number of nitrogens with zero attached hydrogens (tertiary/aromatic N) is 1. The van der Waals surface area contributed by atoms with Gasteiger partial charge in [-0.15, -0.1) is 11.3 Å². The molecule has 0 fully saturated rings. The number of anilines is 1. The van der Waals surface area contributed by atoms with Gasteiger partial charge in [-0.1, -0.05) is 60.1 Å². The van der Waals surface area contributed by atoms with Gasteiger partial charge in [-0.25, -0.2) is 4.98 Å². The van der Waals surface area contributed by atoms with E-state index in [2.05, 4.69) is 10.3 Å². The fourth-order valence-corrected chi connectivity index (χ4v) is 4.67. The fourth-order valence-electron chi connectivity index (χ4n) is 3.70. The number of para-hydroxylation sites is 2. The number of halogens is 1. The lowest BCUT2D eigenvalue weighted by molar-refractivity contribution is 0.0995. The summed E-state index contributed by atoms with van der Waals surface area (Å²) in [6, 6.07) is 23.0. The second-order valence-corrected chi connectivity index (χ2v) is 9.40. The Labute approximate surface area is 206 Å². The van der Waals surface area contributed by atoms with Crippen molar-refractivity contribution in [3.05, 3.63) is 111 Å². The monoisotopic (exact) mass is 488 g/mol. The van der Waals surface area contributed by atoms with Crippen molar-refractivity contribution in [3.63, 3.8) is 0 Å². The van der Waals surface area contributed by atoms with Crippen molar-refractivity contribution in [2.45, 2.75) is 20.0 Å². The molecule has 34 heavy (non-hydrogen) atoms. The summed E-state index contributed by atoms with van der Waals surface area (Å²) in [5.74, 6) is 0.641. The summed E-state index contributed by atoms with van der Waals surface area (Å²) in [6.07, 6.45) is 2.49. The van der Waals surface area contributed by atoms with Crippen LogP contribution < -0.4 is 10.1 Å². The van der Waals surface area contributed by atoms with Gasteiger partial charge in [0.05, 0.1) is 0 Å². The zero-order valence-corrected chi connectivity index (χ0v) is 20.0. The number of carbonyl (C=O) groups is 1. The lowest BCUT2D eigenvalue weighted by Crippen LogP contribution is -2.13. The maximum Gasteiger partial charge on any atom is 0.293 e. The molecule has 0 aliphatic rings. The third-order valence-electron chi connectivity index (χ3n) is 5.44. The van der Waals surface area contributed by atoms with E-state index in [0.29, 0.717) is 27.7 Å². The number of rotatable bonds is 7. The second-order valence-electron chi connectivity index (χ2n) is 7.85. The van der Waals surface area contributed by atoms with E-state index < -0.39 is 0 Å². The summed E-state index contributed by atoms with van der Waals surface area (Å²) in [6.45, 7) is 2.20. The summed E-state index contributed by atoms with van der Waals surface area (Å²) >= 11 is 7.40. The number of benzene rings is 3. The van der Waals surface area contributed by atoms with Crippen molar-refractivity contribution < 1.29 is 13.9 Å². The van der Waals surface area contributed by atoms with Crippen LogP contribution >= 0.6 is 22.9 Å². The van der Waals surface area contributed by atoms with Crippen molar-refractivity contribution in [2.75, 3.05) is 5.32 Å². The first-order chi connectivity index (χ1) is 16.6. The highest BCUT2D eigenvalue weighted by molar-refractivity contribution is 7.15. The smallest absolute Gasteiger partial charge is 0.293 e. The Balaban J connectivity index is 1.36. The molecule has 7 heteroatoms. The van der Waals surface area contributed by atoms with E-state index in [1.807, 2.05) is 79.7 Å². The molecule has 5 nitrogen and oxygen atoms in total. The maximum atomic E-state index is 13.2. The minimum Gasteiger partial charge on any atom is -0.488 e. The Morgan fingerprint density at radius 3 is 2.65 bits per heavy atom. The summed E-state index contributed by atoms with van der Waals surface area (Å²) < 4.78 is 12.0. The van der Waals surface area contributed by atoms with Crippen LogP contribution in [0.2, 0.25) is 5.02 Å². The number of carbonyl (C=O) groups excluding carboxylic acids is 1. The number of furan rings is 1. The van der Waals surface area contributed by atoms with E-state index in [-0.39, 0.29) is 18.3 Å². The molecule has 0 saturated heterocycles. The Morgan fingerprint density at radius 2 is 1.82 bits per heavy atom. The van der Waals surface area contributed by atoms with E-state index in [9.17, 15) is 4.79 Å². The van der Waals surface area contributed by atoms with Crippen molar-refractivity contribution in [1.82, 2.24) is 4.98 Å². The molecule has 0 saturated carbocycles. The van der Waals surface area contributed by atoms with Crippen LogP contribution in [-0.2, 0) is 13.0 Å². The first kappa shape index (κ1) is 22.2. The Bertz CT molecular complexity index is 1460. The summed E-state index contributed by atoms with van der Waals surface area (Å²) in [4.78, 5) is 18.6. The summed E-state index contributed by atoms with van der Waals surface area (Å²) in [7, 11) is 0. The van der Waals surface area contributed by atoms with Crippen LogP contribution in [0.25, 0.3) is 11.0 Å². The molecule has 3 aromatic carbocycles. The molecule has 0 radical (unpaired) electrons. The van der Waals surface area contributed by atoms with Gasteiger partial charge in [0.2, 0.25) is 0 Å². The minimum atomic E-state index is -0.355. The first-order valence-corrected chi connectivity index (χ1v) is 12.0. The van der Waals surface area contributed by atoms with Gasteiger partial charge in [0.15, 0.2) is 10.9 Å². The predicted octanol–water partition coefficient (Wildman–Crippen LogP) is 7.27. The molecule has 0 aliphatic carbocycles. The third kappa shape index (κ3) is 4.83. The molecule has 1 N–H and O–H groups in total. The summed E-state index contributed by atoms with van der Waals surface area (Å²) in [5, 5.41) is 4.95. The zero-order valence-electron chi connectivity index (χ0n) is 18.4. The molecule has 2 aromatic heterocycles. The lowest BCUT2D eigenvalue weighted by Gasteiger charge is -2.09. The van der Waals surface area contributed by atoms with Gasteiger partial charge in [-0.05, 0) is 42.3 Å². The average Bonchev–Trinajstić information content (AvgIpc) is 3.44. The van der Waals surface area contributed by atoms with Crippen LogP contribution in [0.1, 0.15) is 32.1 Å². The van der Waals surface area contributed by atoms with E-state index in [1.54, 1.807) is 6.20 Å². The maximum absolute atomic E-state index is 13.2. The van der Waals surface area contributed by atoms with Crippen molar-refractivity contribution in [3.8, 4) is 5.75 Å². The van der Waals surface area contributed by atoms with Crippen molar-refractivity contribution in [1.29, 1.82) is 0 Å². The van der Waals surface area contributed by atoms with Gasteiger partial charge in [0, 0.05) is 33.5 Å². The van der Waals surface area contributed by atoms with Crippen molar-refractivity contribution in [2.24, 2.45) is 0 Å². The number of fused-ring (bicyclic) bond motifs is 1. The number of aryl methyl sites for hydroxylation is 1. The number of amides is 1. The van der Waals surface area contributed by atoms with Crippen LogP contribution in [-0.4, -0.2) is 10.9 Å². The third-order valence-corrected chi connectivity index (χ3v) is 6.60. The zero-order chi connectivity index (χ0) is 23.5. The topological polar surface area (TPSA) is 64.4 Å². The quantitative estimate of drug-likeness (QED) is 0.261. The molecule has 0 aliphatic heterocycles. The molecule has 5 aromatic rings. The van der Waals surface area contributed by atoms with Crippen LogP contribution in [0.5, 0.6) is 5.75 Å². The van der Waals surface area contributed by atoms with Crippen LogP contribution in [0.3, 0.4) is 0 Å². The number of nitrogens with one attached hydrogen (secondary N) is 1. The fraction of sp³-hybridized carbons (Fsp3) is 0.111. The van der Waals surface area contributed by atoms with Crippen molar-refractivity contribution >= 4 is 44.9 Å². The van der Waals surface area contributed by atoms with Gasteiger partial charge in [-0.3, -0.25) is 10.1 Å². The van der Waals surface area contributed by atoms with Gasteiger partial charge in [-0.2, -0.15) is 0 Å². The van der Waals surface area contributed by atoms with E-state index >= 15 is 0 Å². The molecule has 0 spiro atoms. The largest absolute Gasteiger partial charge is 0.488 e. The molecule has 2 heterocycles.